The average molecular weight is 266 g/mol. The van der Waals surface area contributed by atoms with Gasteiger partial charge >= 0.3 is 7.12 Å². The molecule has 0 amide bonds. The summed E-state index contributed by atoms with van der Waals surface area (Å²) in [5.41, 5.74) is 3.23. The van der Waals surface area contributed by atoms with Gasteiger partial charge in [-0.2, -0.15) is 0 Å². The summed E-state index contributed by atoms with van der Waals surface area (Å²) in [5, 5.41) is 0. The minimum Gasteiger partial charge on any atom is -0.402 e. The van der Waals surface area contributed by atoms with E-state index in [1.165, 1.54) is 11.1 Å². The van der Waals surface area contributed by atoms with Gasteiger partial charge in [0.1, 0.15) is 0 Å². The van der Waals surface area contributed by atoms with Crippen LogP contribution in [0.25, 0.3) is 11.1 Å². The monoisotopic (exact) mass is 266 g/mol. The second kappa shape index (κ2) is 5.08. The molecule has 0 N–H and O–H groups in total. The molecule has 0 radical (unpaired) electrons. The molecule has 3 rings (SSSR count). The standard InChI is InChI=1S/C17H19BO2/c1-13-17(2,3)20-18(19-13)16-11-7-10-15(12-16)14-8-5-4-6-9-14/h4-13H,1-3H3. The van der Waals surface area contributed by atoms with E-state index in [1.807, 2.05) is 6.07 Å². The van der Waals surface area contributed by atoms with Gasteiger partial charge in [-0.25, -0.2) is 0 Å². The Balaban J connectivity index is 1.90. The minimum absolute atomic E-state index is 0.0906. The first-order valence-electron chi connectivity index (χ1n) is 7.05. The summed E-state index contributed by atoms with van der Waals surface area (Å²) in [5.74, 6) is 0. The fourth-order valence-corrected chi connectivity index (χ4v) is 2.39. The van der Waals surface area contributed by atoms with E-state index in [1.54, 1.807) is 0 Å². The predicted octanol–water partition coefficient (Wildman–Crippen LogP) is 3.26. The second-order valence-corrected chi connectivity index (χ2v) is 5.82. The Morgan fingerprint density at radius 1 is 0.950 bits per heavy atom. The van der Waals surface area contributed by atoms with Gasteiger partial charge < -0.3 is 9.31 Å². The van der Waals surface area contributed by atoms with Gasteiger partial charge in [0.2, 0.25) is 0 Å². The molecule has 102 valence electrons. The SMILES string of the molecule is CC1OB(c2cccc(-c3ccccc3)c2)OC1(C)C. The molecule has 20 heavy (non-hydrogen) atoms. The van der Waals surface area contributed by atoms with Crippen LogP contribution in [0.1, 0.15) is 20.8 Å². The fourth-order valence-electron chi connectivity index (χ4n) is 2.39. The first-order chi connectivity index (χ1) is 9.56. The van der Waals surface area contributed by atoms with Crippen molar-refractivity contribution in [3.05, 3.63) is 54.6 Å². The van der Waals surface area contributed by atoms with Crippen LogP contribution in [0.15, 0.2) is 54.6 Å². The summed E-state index contributed by atoms with van der Waals surface area (Å²) in [6.45, 7) is 6.19. The summed E-state index contributed by atoms with van der Waals surface area (Å²) in [4.78, 5) is 0. The van der Waals surface area contributed by atoms with E-state index in [0.717, 1.165) is 5.46 Å². The maximum Gasteiger partial charge on any atom is 0.494 e. The fraction of sp³-hybridized carbons (Fsp3) is 0.294. The molecule has 1 unspecified atom stereocenters. The van der Waals surface area contributed by atoms with Crippen molar-refractivity contribution in [2.75, 3.05) is 0 Å². The molecule has 1 aliphatic heterocycles. The van der Waals surface area contributed by atoms with Crippen LogP contribution in [-0.4, -0.2) is 18.8 Å². The first-order valence-corrected chi connectivity index (χ1v) is 7.05. The van der Waals surface area contributed by atoms with Crippen molar-refractivity contribution >= 4 is 12.6 Å². The van der Waals surface area contributed by atoms with E-state index < -0.39 is 0 Å². The molecule has 2 aromatic carbocycles. The summed E-state index contributed by atoms with van der Waals surface area (Å²) in [6, 6.07) is 18.7. The van der Waals surface area contributed by atoms with Gasteiger partial charge in [0.05, 0.1) is 11.7 Å². The molecule has 0 bridgehead atoms. The van der Waals surface area contributed by atoms with Gasteiger partial charge in [-0.15, -0.1) is 0 Å². The van der Waals surface area contributed by atoms with Gasteiger partial charge in [0.25, 0.3) is 0 Å². The molecule has 1 saturated heterocycles. The van der Waals surface area contributed by atoms with Crippen molar-refractivity contribution in [1.82, 2.24) is 0 Å². The van der Waals surface area contributed by atoms with Gasteiger partial charge in [0.15, 0.2) is 0 Å². The molecule has 1 aliphatic rings. The lowest BCUT2D eigenvalue weighted by atomic mass is 9.78. The maximum atomic E-state index is 6.02. The Morgan fingerprint density at radius 3 is 2.30 bits per heavy atom. The van der Waals surface area contributed by atoms with E-state index >= 15 is 0 Å². The number of hydrogen-bond acceptors (Lipinski definition) is 2. The van der Waals surface area contributed by atoms with Crippen molar-refractivity contribution < 1.29 is 9.31 Å². The van der Waals surface area contributed by atoms with Crippen LogP contribution in [0, 0.1) is 0 Å². The largest absolute Gasteiger partial charge is 0.494 e. The molecule has 3 heteroatoms. The molecule has 2 aromatic rings. The normalized spacial score (nSPS) is 21.1. The Morgan fingerprint density at radius 2 is 1.65 bits per heavy atom. The molecule has 1 heterocycles. The van der Waals surface area contributed by atoms with E-state index in [0.29, 0.717) is 0 Å². The van der Waals surface area contributed by atoms with Crippen LogP contribution in [-0.2, 0) is 9.31 Å². The molecule has 0 spiro atoms. The molecule has 1 fully saturated rings. The van der Waals surface area contributed by atoms with Crippen molar-refractivity contribution in [3.63, 3.8) is 0 Å². The third kappa shape index (κ3) is 2.51. The van der Waals surface area contributed by atoms with Crippen LogP contribution >= 0.6 is 0 Å². The predicted molar refractivity (Wildman–Crippen MR) is 83.0 cm³/mol. The van der Waals surface area contributed by atoms with E-state index in [4.69, 9.17) is 9.31 Å². The number of rotatable bonds is 2. The topological polar surface area (TPSA) is 18.5 Å². The molecule has 0 saturated carbocycles. The lowest BCUT2D eigenvalue weighted by Gasteiger charge is -2.21. The first kappa shape index (κ1) is 13.4. The molecule has 0 aliphatic carbocycles. The van der Waals surface area contributed by atoms with Gasteiger partial charge in [-0.1, -0.05) is 54.6 Å². The highest BCUT2D eigenvalue weighted by molar-refractivity contribution is 6.62. The summed E-state index contributed by atoms with van der Waals surface area (Å²) in [7, 11) is -0.274. The van der Waals surface area contributed by atoms with Gasteiger partial charge in [-0.05, 0) is 37.4 Å². The Bertz CT molecular complexity index is 595. The smallest absolute Gasteiger partial charge is 0.402 e. The molecule has 2 nitrogen and oxygen atoms in total. The maximum absolute atomic E-state index is 6.02. The van der Waals surface area contributed by atoms with Crippen molar-refractivity contribution in [3.8, 4) is 11.1 Å². The van der Waals surface area contributed by atoms with Crippen molar-refractivity contribution in [1.29, 1.82) is 0 Å². The van der Waals surface area contributed by atoms with E-state index in [-0.39, 0.29) is 18.8 Å². The highest BCUT2D eigenvalue weighted by atomic mass is 16.7. The third-order valence-corrected chi connectivity index (χ3v) is 3.98. The zero-order valence-electron chi connectivity index (χ0n) is 12.2. The summed E-state index contributed by atoms with van der Waals surface area (Å²) in [6.07, 6.45) is 0.0906. The van der Waals surface area contributed by atoms with Crippen LogP contribution in [0.5, 0.6) is 0 Å². The minimum atomic E-state index is -0.274. The molecular formula is C17H19BO2. The zero-order chi connectivity index (χ0) is 14.2. The van der Waals surface area contributed by atoms with Crippen molar-refractivity contribution in [2.24, 2.45) is 0 Å². The van der Waals surface area contributed by atoms with Crippen LogP contribution in [0.3, 0.4) is 0 Å². The Labute approximate surface area is 120 Å². The molecular weight excluding hydrogens is 247 g/mol. The zero-order valence-corrected chi connectivity index (χ0v) is 12.2. The van der Waals surface area contributed by atoms with E-state index in [2.05, 4.69) is 69.3 Å². The third-order valence-electron chi connectivity index (χ3n) is 3.98. The second-order valence-electron chi connectivity index (χ2n) is 5.82. The van der Waals surface area contributed by atoms with E-state index in [9.17, 15) is 0 Å². The van der Waals surface area contributed by atoms with Crippen molar-refractivity contribution in [2.45, 2.75) is 32.5 Å². The Kier molecular flexibility index (Phi) is 3.40. The molecule has 1 atom stereocenters. The number of hydrogen-bond donors (Lipinski definition) is 0. The average Bonchev–Trinajstić information content (AvgIpc) is 2.74. The summed E-state index contributed by atoms with van der Waals surface area (Å²) < 4.78 is 11.9. The molecule has 0 aromatic heterocycles. The number of benzene rings is 2. The van der Waals surface area contributed by atoms with Gasteiger partial charge in [-0.3, -0.25) is 0 Å². The van der Waals surface area contributed by atoms with Crippen LogP contribution in [0.4, 0.5) is 0 Å². The highest BCUT2D eigenvalue weighted by Gasteiger charge is 2.43. The Hall–Kier alpha value is -1.58. The van der Waals surface area contributed by atoms with Crippen LogP contribution in [0.2, 0.25) is 0 Å². The van der Waals surface area contributed by atoms with Crippen LogP contribution < -0.4 is 5.46 Å². The summed E-state index contributed by atoms with van der Waals surface area (Å²) >= 11 is 0. The van der Waals surface area contributed by atoms with Gasteiger partial charge in [0, 0.05) is 0 Å². The highest BCUT2D eigenvalue weighted by Crippen LogP contribution is 2.27. The lowest BCUT2D eigenvalue weighted by Crippen LogP contribution is -2.34. The quantitative estimate of drug-likeness (QED) is 0.777. The lowest BCUT2D eigenvalue weighted by molar-refractivity contribution is 0.0842.